The van der Waals surface area contributed by atoms with Crippen molar-refractivity contribution < 1.29 is 14.6 Å². The van der Waals surface area contributed by atoms with Crippen molar-refractivity contribution in [3.63, 3.8) is 0 Å². The number of aliphatic hydroxyl groups is 1. The van der Waals surface area contributed by atoms with Crippen LogP contribution in [0.4, 0.5) is 4.79 Å². The minimum absolute atomic E-state index is 0.311. The minimum atomic E-state index is -0.498. The predicted molar refractivity (Wildman–Crippen MR) is 57.3 cm³/mol. The summed E-state index contributed by atoms with van der Waals surface area (Å²) >= 11 is 0. The first-order chi connectivity index (χ1) is 6.88. The molecule has 0 aromatic heterocycles. The van der Waals surface area contributed by atoms with Gasteiger partial charge in [0.1, 0.15) is 5.60 Å². The maximum Gasteiger partial charge on any atom is 0.414 e. The Hall–Kier alpha value is -1.03. The Morgan fingerprint density at radius 3 is 2.80 bits per heavy atom. The summed E-state index contributed by atoms with van der Waals surface area (Å²) < 4.78 is 5.21. The van der Waals surface area contributed by atoms with Gasteiger partial charge in [-0.2, -0.15) is 0 Å². The maximum absolute atomic E-state index is 11.7. The first kappa shape index (κ1) is 12.0. The molecule has 0 saturated heterocycles. The van der Waals surface area contributed by atoms with Crippen LogP contribution < -0.4 is 0 Å². The molecule has 1 atom stereocenters. The molecule has 0 bridgehead atoms. The summed E-state index contributed by atoms with van der Waals surface area (Å²) in [6.07, 6.45) is 4.17. The highest BCUT2D eigenvalue weighted by atomic mass is 16.6. The molecular formula is C11H19NO3. The van der Waals surface area contributed by atoms with Gasteiger partial charge in [0.15, 0.2) is 0 Å². The topological polar surface area (TPSA) is 49.8 Å². The lowest BCUT2D eigenvalue weighted by Gasteiger charge is -2.25. The molecule has 15 heavy (non-hydrogen) atoms. The largest absolute Gasteiger partial charge is 0.443 e. The standard InChI is InChI=1S/C11H19NO3/c1-11(2,3)15-10(14)12-7-5-4-6-9(13)8-12/h5,7,9,13H,4,6,8H2,1-3H3/t9-/m1/s1. The van der Waals surface area contributed by atoms with Crippen LogP contribution in [0.25, 0.3) is 0 Å². The number of β-amino-alcohol motifs (C(OH)–C–C–N with tert-alkyl or cyclic N) is 1. The Morgan fingerprint density at radius 1 is 1.53 bits per heavy atom. The molecule has 0 radical (unpaired) electrons. The molecule has 1 heterocycles. The number of carbonyl (C=O) groups excluding carboxylic acids is 1. The van der Waals surface area contributed by atoms with Crippen LogP contribution in [-0.2, 0) is 4.74 Å². The Bertz CT molecular complexity index is 255. The molecule has 4 heteroatoms. The van der Waals surface area contributed by atoms with E-state index in [1.807, 2.05) is 26.8 Å². The summed E-state index contributed by atoms with van der Waals surface area (Å²) in [5.41, 5.74) is -0.498. The predicted octanol–water partition coefficient (Wildman–Crippen LogP) is 1.89. The second kappa shape index (κ2) is 4.66. The van der Waals surface area contributed by atoms with E-state index >= 15 is 0 Å². The van der Waals surface area contributed by atoms with Crippen molar-refractivity contribution in [3.8, 4) is 0 Å². The van der Waals surface area contributed by atoms with Gasteiger partial charge in [0.05, 0.1) is 12.6 Å². The van der Waals surface area contributed by atoms with Crippen LogP contribution in [0.5, 0.6) is 0 Å². The molecular weight excluding hydrogens is 194 g/mol. The molecule has 1 aliphatic heterocycles. The Kier molecular flexibility index (Phi) is 3.74. The van der Waals surface area contributed by atoms with Crippen LogP contribution in [0.1, 0.15) is 33.6 Å². The van der Waals surface area contributed by atoms with Gasteiger partial charge in [0.2, 0.25) is 0 Å². The third kappa shape index (κ3) is 4.34. The van der Waals surface area contributed by atoms with Crippen LogP contribution in [0, 0.1) is 0 Å². The number of nitrogens with zero attached hydrogens (tertiary/aromatic N) is 1. The smallest absolute Gasteiger partial charge is 0.414 e. The third-order valence-corrected chi connectivity index (χ3v) is 1.99. The van der Waals surface area contributed by atoms with E-state index in [0.29, 0.717) is 13.0 Å². The normalized spacial score (nSPS) is 22.4. The van der Waals surface area contributed by atoms with E-state index < -0.39 is 17.8 Å². The van der Waals surface area contributed by atoms with E-state index in [9.17, 15) is 9.90 Å². The van der Waals surface area contributed by atoms with E-state index in [0.717, 1.165) is 6.42 Å². The van der Waals surface area contributed by atoms with E-state index in [1.54, 1.807) is 6.20 Å². The Labute approximate surface area is 90.5 Å². The number of aliphatic hydroxyl groups excluding tert-OH is 1. The third-order valence-electron chi connectivity index (χ3n) is 1.99. The van der Waals surface area contributed by atoms with Gasteiger partial charge in [-0.3, -0.25) is 4.90 Å². The van der Waals surface area contributed by atoms with Crippen molar-refractivity contribution in [2.45, 2.75) is 45.3 Å². The van der Waals surface area contributed by atoms with Crippen molar-refractivity contribution in [1.29, 1.82) is 0 Å². The summed E-state index contributed by atoms with van der Waals surface area (Å²) in [4.78, 5) is 13.1. The van der Waals surface area contributed by atoms with Crippen molar-refractivity contribution in [2.24, 2.45) is 0 Å². The zero-order chi connectivity index (χ0) is 11.5. The highest BCUT2D eigenvalue weighted by Crippen LogP contribution is 2.13. The summed E-state index contributed by atoms with van der Waals surface area (Å²) in [5, 5.41) is 9.52. The zero-order valence-electron chi connectivity index (χ0n) is 9.56. The summed E-state index contributed by atoms with van der Waals surface area (Å²) in [6, 6.07) is 0. The van der Waals surface area contributed by atoms with Gasteiger partial charge in [0.25, 0.3) is 0 Å². The molecule has 0 aliphatic carbocycles. The molecule has 0 unspecified atom stereocenters. The van der Waals surface area contributed by atoms with Crippen LogP contribution >= 0.6 is 0 Å². The van der Waals surface area contributed by atoms with Crippen molar-refractivity contribution in [3.05, 3.63) is 12.3 Å². The highest BCUT2D eigenvalue weighted by Gasteiger charge is 2.23. The van der Waals surface area contributed by atoms with Gasteiger partial charge in [-0.1, -0.05) is 6.08 Å². The monoisotopic (exact) mass is 213 g/mol. The summed E-state index contributed by atoms with van der Waals surface area (Å²) in [7, 11) is 0. The van der Waals surface area contributed by atoms with Gasteiger partial charge in [-0.15, -0.1) is 0 Å². The molecule has 1 amide bonds. The van der Waals surface area contributed by atoms with E-state index in [-0.39, 0.29) is 0 Å². The summed E-state index contributed by atoms with van der Waals surface area (Å²) in [5.74, 6) is 0. The number of carbonyl (C=O) groups is 1. The molecule has 1 aliphatic rings. The van der Waals surface area contributed by atoms with Gasteiger partial charge in [-0.05, 0) is 33.6 Å². The number of allylic oxidation sites excluding steroid dienone is 1. The minimum Gasteiger partial charge on any atom is -0.443 e. The SMILES string of the molecule is CC(C)(C)OC(=O)N1C=CCC[C@@H](O)C1. The van der Waals surface area contributed by atoms with Crippen molar-refractivity contribution in [1.82, 2.24) is 4.90 Å². The number of rotatable bonds is 0. The molecule has 0 saturated carbocycles. The number of amides is 1. The molecule has 0 aromatic rings. The fourth-order valence-corrected chi connectivity index (χ4v) is 1.33. The number of ether oxygens (including phenoxy) is 1. The molecule has 1 rings (SSSR count). The van der Waals surface area contributed by atoms with E-state index in [1.165, 1.54) is 4.90 Å². The van der Waals surface area contributed by atoms with Crippen molar-refractivity contribution in [2.75, 3.05) is 6.54 Å². The van der Waals surface area contributed by atoms with Gasteiger partial charge in [0, 0.05) is 6.20 Å². The number of hydrogen-bond donors (Lipinski definition) is 1. The van der Waals surface area contributed by atoms with Crippen LogP contribution in [0.3, 0.4) is 0 Å². The molecule has 1 N–H and O–H groups in total. The Balaban J connectivity index is 2.58. The highest BCUT2D eigenvalue weighted by molar-refractivity contribution is 5.69. The molecule has 86 valence electrons. The molecule has 4 nitrogen and oxygen atoms in total. The zero-order valence-corrected chi connectivity index (χ0v) is 9.56. The molecule has 0 spiro atoms. The second-order valence-electron chi connectivity index (χ2n) is 4.75. The van der Waals surface area contributed by atoms with Crippen LogP contribution in [0.15, 0.2) is 12.3 Å². The lowest BCUT2D eigenvalue weighted by molar-refractivity contribution is 0.0256. The average Bonchev–Trinajstić information content (AvgIpc) is 2.26. The van der Waals surface area contributed by atoms with E-state index in [4.69, 9.17) is 4.74 Å². The fraction of sp³-hybridized carbons (Fsp3) is 0.727. The maximum atomic E-state index is 11.7. The van der Waals surface area contributed by atoms with Gasteiger partial charge in [-0.25, -0.2) is 4.79 Å². The van der Waals surface area contributed by atoms with E-state index in [2.05, 4.69) is 0 Å². The Morgan fingerprint density at radius 2 is 2.20 bits per heavy atom. The average molecular weight is 213 g/mol. The van der Waals surface area contributed by atoms with Crippen LogP contribution in [0.2, 0.25) is 0 Å². The first-order valence-corrected chi connectivity index (χ1v) is 5.23. The second-order valence-corrected chi connectivity index (χ2v) is 4.75. The lowest BCUT2D eigenvalue weighted by atomic mass is 10.2. The first-order valence-electron chi connectivity index (χ1n) is 5.23. The van der Waals surface area contributed by atoms with Gasteiger partial charge < -0.3 is 9.84 Å². The fourth-order valence-electron chi connectivity index (χ4n) is 1.33. The molecule has 0 fully saturated rings. The van der Waals surface area contributed by atoms with Gasteiger partial charge >= 0.3 is 6.09 Å². The lowest BCUT2D eigenvalue weighted by Crippen LogP contribution is -2.37. The quantitative estimate of drug-likeness (QED) is 0.668. The summed E-state index contributed by atoms with van der Waals surface area (Å²) in [6.45, 7) is 5.78. The van der Waals surface area contributed by atoms with Crippen LogP contribution in [-0.4, -0.2) is 34.3 Å². The molecule has 0 aromatic carbocycles. The van der Waals surface area contributed by atoms with Crippen molar-refractivity contribution >= 4 is 6.09 Å². The number of hydrogen-bond acceptors (Lipinski definition) is 3.